The predicted molar refractivity (Wildman–Crippen MR) is 60.8 cm³/mol. The molecule has 0 aliphatic carbocycles. The summed E-state index contributed by atoms with van der Waals surface area (Å²) in [5, 5.41) is 0. The van der Waals surface area contributed by atoms with E-state index in [1.165, 1.54) is 5.56 Å². The van der Waals surface area contributed by atoms with Gasteiger partial charge in [-0.3, -0.25) is 4.84 Å². The van der Waals surface area contributed by atoms with Crippen molar-refractivity contribution in [1.29, 1.82) is 0 Å². The van der Waals surface area contributed by atoms with Gasteiger partial charge in [0.05, 0.1) is 13.7 Å². The number of aryl methyl sites for hydroxylation is 1. The van der Waals surface area contributed by atoms with E-state index in [0.717, 1.165) is 16.9 Å². The lowest BCUT2D eigenvalue weighted by Crippen LogP contribution is -2.06. The summed E-state index contributed by atoms with van der Waals surface area (Å²) in [7, 11) is 1.70. The van der Waals surface area contributed by atoms with Crippen LogP contribution in [0.4, 0.5) is 0 Å². The second-order valence-electron chi connectivity index (χ2n) is 3.95. The highest BCUT2D eigenvalue weighted by molar-refractivity contribution is 5.47. The van der Waals surface area contributed by atoms with Gasteiger partial charge in [-0.2, -0.15) is 0 Å². The standard InChI is InChI=1S/C12H19NO2/c1-8(2)11-10(7-15-13)6-5-9(3)12(11)14-4/h5-6,8H,7,13H2,1-4H3. The van der Waals surface area contributed by atoms with Gasteiger partial charge in [0.15, 0.2) is 0 Å². The summed E-state index contributed by atoms with van der Waals surface area (Å²) >= 11 is 0. The highest BCUT2D eigenvalue weighted by Gasteiger charge is 2.14. The first-order valence-electron chi connectivity index (χ1n) is 5.09. The van der Waals surface area contributed by atoms with E-state index in [0.29, 0.717) is 12.5 Å². The molecule has 1 aromatic rings. The smallest absolute Gasteiger partial charge is 0.125 e. The second kappa shape index (κ2) is 5.14. The van der Waals surface area contributed by atoms with Crippen LogP contribution < -0.4 is 10.6 Å². The summed E-state index contributed by atoms with van der Waals surface area (Å²) < 4.78 is 5.43. The van der Waals surface area contributed by atoms with E-state index >= 15 is 0 Å². The van der Waals surface area contributed by atoms with Crippen molar-refractivity contribution in [2.45, 2.75) is 33.3 Å². The van der Waals surface area contributed by atoms with E-state index in [-0.39, 0.29) is 0 Å². The van der Waals surface area contributed by atoms with Gasteiger partial charge in [-0.05, 0) is 24.0 Å². The lowest BCUT2D eigenvalue weighted by Gasteiger charge is -2.18. The Kier molecular flexibility index (Phi) is 4.12. The molecule has 3 nitrogen and oxygen atoms in total. The minimum Gasteiger partial charge on any atom is -0.496 e. The Labute approximate surface area is 91.1 Å². The van der Waals surface area contributed by atoms with Gasteiger partial charge in [0.2, 0.25) is 0 Å². The Balaban J connectivity index is 3.28. The van der Waals surface area contributed by atoms with Crippen molar-refractivity contribution in [3.8, 4) is 5.75 Å². The van der Waals surface area contributed by atoms with Crippen molar-refractivity contribution < 1.29 is 9.57 Å². The average molecular weight is 209 g/mol. The van der Waals surface area contributed by atoms with Crippen molar-refractivity contribution in [2.75, 3.05) is 7.11 Å². The summed E-state index contributed by atoms with van der Waals surface area (Å²) in [6.07, 6.45) is 0. The molecule has 0 unspecified atom stereocenters. The zero-order chi connectivity index (χ0) is 11.4. The molecular weight excluding hydrogens is 190 g/mol. The number of nitrogens with two attached hydrogens (primary N) is 1. The minimum absolute atomic E-state index is 0.394. The molecule has 0 heterocycles. The third-order valence-electron chi connectivity index (χ3n) is 2.50. The molecule has 0 spiro atoms. The third-order valence-corrected chi connectivity index (χ3v) is 2.50. The lowest BCUT2D eigenvalue weighted by atomic mass is 9.94. The molecule has 0 fully saturated rings. The van der Waals surface area contributed by atoms with Crippen LogP contribution in [0, 0.1) is 6.92 Å². The highest BCUT2D eigenvalue weighted by Crippen LogP contribution is 2.33. The molecule has 0 aliphatic heterocycles. The third kappa shape index (κ3) is 2.49. The first-order chi connectivity index (χ1) is 7.11. The zero-order valence-corrected chi connectivity index (χ0v) is 9.83. The van der Waals surface area contributed by atoms with E-state index in [1.807, 2.05) is 19.1 Å². The number of methoxy groups -OCH3 is 1. The van der Waals surface area contributed by atoms with Crippen LogP contribution in [-0.2, 0) is 11.4 Å². The van der Waals surface area contributed by atoms with Gasteiger partial charge < -0.3 is 4.74 Å². The van der Waals surface area contributed by atoms with Gasteiger partial charge in [-0.25, -0.2) is 5.90 Å². The van der Waals surface area contributed by atoms with Crippen LogP contribution in [-0.4, -0.2) is 7.11 Å². The summed E-state index contributed by atoms with van der Waals surface area (Å²) in [6.45, 7) is 6.73. The van der Waals surface area contributed by atoms with Crippen molar-refractivity contribution in [1.82, 2.24) is 0 Å². The minimum atomic E-state index is 0.394. The van der Waals surface area contributed by atoms with Crippen LogP contribution in [0.1, 0.15) is 36.5 Å². The van der Waals surface area contributed by atoms with E-state index in [9.17, 15) is 0 Å². The molecule has 1 aromatic carbocycles. The molecule has 0 aliphatic rings. The number of benzene rings is 1. The van der Waals surface area contributed by atoms with Gasteiger partial charge in [-0.1, -0.05) is 26.0 Å². The summed E-state index contributed by atoms with van der Waals surface area (Å²) in [5.41, 5.74) is 3.42. The fraction of sp³-hybridized carbons (Fsp3) is 0.500. The van der Waals surface area contributed by atoms with Crippen molar-refractivity contribution in [2.24, 2.45) is 5.90 Å². The molecule has 0 amide bonds. The quantitative estimate of drug-likeness (QED) is 0.775. The van der Waals surface area contributed by atoms with Crippen molar-refractivity contribution in [3.63, 3.8) is 0 Å². The van der Waals surface area contributed by atoms with Gasteiger partial charge in [0.1, 0.15) is 5.75 Å². The van der Waals surface area contributed by atoms with E-state index in [1.54, 1.807) is 7.11 Å². The Morgan fingerprint density at radius 1 is 1.33 bits per heavy atom. The van der Waals surface area contributed by atoms with Crippen LogP contribution >= 0.6 is 0 Å². The molecule has 84 valence electrons. The highest BCUT2D eigenvalue weighted by atomic mass is 16.6. The Morgan fingerprint density at radius 2 is 2.00 bits per heavy atom. The SMILES string of the molecule is COc1c(C)ccc(CON)c1C(C)C. The number of hydrogen-bond donors (Lipinski definition) is 1. The first kappa shape index (κ1) is 12.0. The van der Waals surface area contributed by atoms with E-state index < -0.39 is 0 Å². The van der Waals surface area contributed by atoms with Gasteiger partial charge in [-0.15, -0.1) is 0 Å². The number of hydrogen-bond acceptors (Lipinski definition) is 3. The Hall–Kier alpha value is -1.06. The van der Waals surface area contributed by atoms with Crippen LogP contribution in [0.25, 0.3) is 0 Å². The molecule has 1 rings (SSSR count). The molecular formula is C12H19NO2. The topological polar surface area (TPSA) is 44.5 Å². The van der Waals surface area contributed by atoms with Gasteiger partial charge >= 0.3 is 0 Å². The maximum Gasteiger partial charge on any atom is 0.125 e. The molecule has 0 bridgehead atoms. The number of rotatable bonds is 4. The van der Waals surface area contributed by atoms with Crippen LogP contribution in [0.15, 0.2) is 12.1 Å². The maximum atomic E-state index is 5.43. The fourth-order valence-corrected chi connectivity index (χ4v) is 1.87. The molecule has 2 N–H and O–H groups in total. The molecule has 0 radical (unpaired) electrons. The predicted octanol–water partition coefficient (Wildman–Crippen LogP) is 2.52. The first-order valence-corrected chi connectivity index (χ1v) is 5.09. The van der Waals surface area contributed by atoms with Gasteiger partial charge in [0.25, 0.3) is 0 Å². The van der Waals surface area contributed by atoms with Crippen LogP contribution in [0.5, 0.6) is 5.75 Å². The molecule has 3 heteroatoms. The summed E-state index contributed by atoms with van der Waals surface area (Å²) in [4.78, 5) is 4.70. The van der Waals surface area contributed by atoms with Crippen LogP contribution in [0.3, 0.4) is 0 Å². The normalized spacial score (nSPS) is 10.8. The zero-order valence-electron chi connectivity index (χ0n) is 9.83. The molecule has 0 aromatic heterocycles. The monoisotopic (exact) mass is 209 g/mol. The van der Waals surface area contributed by atoms with Crippen molar-refractivity contribution >= 4 is 0 Å². The van der Waals surface area contributed by atoms with Crippen molar-refractivity contribution in [3.05, 3.63) is 28.8 Å². The fourth-order valence-electron chi connectivity index (χ4n) is 1.87. The Morgan fingerprint density at radius 3 is 2.47 bits per heavy atom. The lowest BCUT2D eigenvalue weighted by molar-refractivity contribution is 0.123. The Bertz CT molecular complexity index is 335. The molecule has 0 saturated carbocycles. The largest absolute Gasteiger partial charge is 0.496 e. The average Bonchev–Trinajstić information content (AvgIpc) is 2.20. The maximum absolute atomic E-state index is 5.43. The van der Waals surface area contributed by atoms with E-state index in [4.69, 9.17) is 15.5 Å². The summed E-state index contributed by atoms with van der Waals surface area (Å²) in [6, 6.07) is 4.07. The van der Waals surface area contributed by atoms with Gasteiger partial charge in [0, 0.05) is 5.56 Å². The molecule has 15 heavy (non-hydrogen) atoms. The van der Waals surface area contributed by atoms with E-state index in [2.05, 4.69) is 13.8 Å². The molecule has 0 atom stereocenters. The van der Waals surface area contributed by atoms with Crippen LogP contribution in [0.2, 0.25) is 0 Å². The summed E-state index contributed by atoms with van der Waals surface area (Å²) in [5.74, 6) is 6.46. The second-order valence-corrected chi connectivity index (χ2v) is 3.95. The molecule has 0 saturated heterocycles. The number of ether oxygens (including phenoxy) is 1.